The number of rotatable bonds is 3. The predicted molar refractivity (Wildman–Crippen MR) is 110 cm³/mol. The second-order valence-corrected chi connectivity index (χ2v) is 7.89. The van der Waals surface area contributed by atoms with E-state index in [-0.39, 0.29) is 0 Å². The van der Waals surface area contributed by atoms with Gasteiger partial charge in [0.2, 0.25) is 0 Å². The van der Waals surface area contributed by atoms with E-state index < -0.39 is 6.97 Å². The van der Waals surface area contributed by atoms with E-state index in [2.05, 4.69) is 5.10 Å². The summed E-state index contributed by atoms with van der Waals surface area (Å²) in [4.78, 5) is 0. The normalized spacial score (nSPS) is 18.3. The van der Waals surface area contributed by atoms with E-state index in [1.54, 1.807) is 10.9 Å². The van der Waals surface area contributed by atoms with Gasteiger partial charge in [-0.1, -0.05) is 13.8 Å². The molecule has 2 aromatic rings. The fourth-order valence-corrected chi connectivity index (χ4v) is 5.30. The number of halogens is 2. The van der Waals surface area contributed by atoms with Gasteiger partial charge in [-0.05, 0) is 50.4 Å². The minimum absolute atomic E-state index is 0.642. The van der Waals surface area contributed by atoms with Crippen molar-refractivity contribution < 1.29 is 13.1 Å². The Morgan fingerprint density at radius 3 is 2.32 bits per heavy atom. The van der Waals surface area contributed by atoms with E-state index in [0.717, 1.165) is 46.3 Å². The Hall–Kier alpha value is -2.44. The lowest BCUT2D eigenvalue weighted by Gasteiger charge is -2.33. The first-order valence-corrected chi connectivity index (χ1v) is 9.96. The van der Waals surface area contributed by atoms with Crippen LogP contribution in [-0.2, 0) is 13.5 Å². The lowest BCUT2D eigenvalue weighted by Crippen LogP contribution is -2.51. The zero-order chi connectivity index (χ0) is 20.5. The molecule has 0 aliphatic carbocycles. The summed E-state index contributed by atoms with van der Waals surface area (Å²) in [5.41, 5.74) is 8.26. The Balaban J connectivity index is 2.23. The van der Waals surface area contributed by atoms with Crippen molar-refractivity contribution in [3.8, 4) is 0 Å². The molecule has 0 amide bonds. The molecule has 4 nitrogen and oxygen atoms in total. The molecule has 0 fully saturated rings. The van der Waals surface area contributed by atoms with Crippen LogP contribution in [0.2, 0.25) is 0 Å². The van der Waals surface area contributed by atoms with Gasteiger partial charge in [-0.25, -0.2) is 0 Å². The molecular formula is C21H27BF2N4. The van der Waals surface area contributed by atoms with Gasteiger partial charge in [0.05, 0.1) is 11.8 Å². The highest BCUT2D eigenvalue weighted by molar-refractivity contribution is 6.58. The van der Waals surface area contributed by atoms with Crippen LogP contribution in [0.3, 0.4) is 0 Å². The van der Waals surface area contributed by atoms with Gasteiger partial charge in [-0.3, -0.25) is 4.68 Å². The highest BCUT2D eigenvalue weighted by atomic mass is 19.2. The Kier molecular flexibility index (Phi) is 4.07. The van der Waals surface area contributed by atoms with Crippen LogP contribution in [-0.4, -0.2) is 31.4 Å². The first-order chi connectivity index (χ1) is 13.2. The van der Waals surface area contributed by atoms with Gasteiger partial charge in [-0.15, -0.1) is 0 Å². The second kappa shape index (κ2) is 6.03. The summed E-state index contributed by atoms with van der Waals surface area (Å²) in [6, 6.07) is 0. The van der Waals surface area contributed by atoms with Crippen LogP contribution in [0.1, 0.15) is 62.2 Å². The molecule has 0 unspecified atom stereocenters. The molecule has 0 atom stereocenters. The summed E-state index contributed by atoms with van der Waals surface area (Å²) in [6.45, 7) is 7.69. The van der Waals surface area contributed by atoms with Crippen molar-refractivity contribution in [2.24, 2.45) is 7.05 Å². The van der Waals surface area contributed by atoms with Gasteiger partial charge in [0, 0.05) is 42.6 Å². The minimum atomic E-state index is -3.96. The molecule has 2 aliphatic rings. The maximum Gasteiger partial charge on any atom is 0.737 e. The van der Waals surface area contributed by atoms with Gasteiger partial charge in [-0.2, -0.15) is 5.10 Å². The van der Waals surface area contributed by atoms with Crippen molar-refractivity contribution in [2.75, 3.05) is 0 Å². The molecule has 0 radical (unpaired) electrons. The van der Waals surface area contributed by atoms with Crippen molar-refractivity contribution in [1.29, 1.82) is 0 Å². The summed E-state index contributed by atoms with van der Waals surface area (Å²) >= 11 is 0. The molecule has 4 rings (SSSR count). The molecule has 4 heterocycles. The molecule has 0 saturated carbocycles. The number of aromatic nitrogens is 3. The Labute approximate surface area is 164 Å². The third kappa shape index (κ3) is 2.16. The van der Waals surface area contributed by atoms with Gasteiger partial charge >= 0.3 is 6.97 Å². The van der Waals surface area contributed by atoms with E-state index in [0.29, 0.717) is 22.8 Å². The van der Waals surface area contributed by atoms with E-state index in [4.69, 9.17) is 0 Å². The van der Waals surface area contributed by atoms with Crippen molar-refractivity contribution in [1.82, 2.24) is 14.3 Å². The lowest BCUT2D eigenvalue weighted by molar-refractivity contribution is -0.363. The van der Waals surface area contributed by atoms with E-state index >= 15 is 8.63 Å². The maximum atomic E-state index is 16.0. The number of hydrogen-bond donors (Lipinski definition) is 0. The summed E-state index contributed by atoms with van der Waals surface area (Å²) in [7, 11) is 1.86. The van der Waals surface area contributed by atoms with Crippen LogP contribution in [0.4, 0.5) is 8.63 Å². The average Bonchev–Trinajstić information content (AvgIpc) is 3.24. The number of fused-ring (bicyclic) bond motifs is 2. The average molecular weight is 384 g/mol. The molecule has 148 valence electrons. The fraction of sp³-hybridized carbons (Fsp3) is 0.429. The van der Waals surface area contributed by atoms with Crippen LogP contribution in [0.25, 0.3) is 5.57 Å². The number of hydrogen-bond acceptors (Lipinski definition) is 1. The van der Waals surface area contributed by atoms with Crippen LogP contribution in [0.15, 0.2) is 29.2 Å². The number of allylic oxidation sites excluding steroid dienone is 2. The minimum Gasteiger partial charge on any atom is -0.393 e. The number of aryl methyl sites for hydroxylation is 1. The summed E-state index contributed by atoms with van der Waals surface area (Å²) in [5, 5.41) is 4.33. The molecule has 28 heavy (non-hydrogen) atoms. The fourth-order valence-electron chi connectivity index (χ4n) is 5.30. The second-order valence-electron chi connectivity index (χ2n) is 7.89. The predicted octanol–water partition coefficient (Wildman–Crippen LogP) is 4.61. The zero-order valence-corrected chi connectivity index (χ0v) is 17.7. The zero-order valence-electron chi connectivity index (χ0n) is 17.7. The smallest absolute Gasteiger partial charge is 0.393 e. The van der Waals surface area contributed by atoms with Gasteiger partial charge in [0.25, 0.3) is 0 Å². The van der Waals surface area contributed by atoms with Crippen molar-refractivity contribution in [3.05, 3.63) is 57.3 Å². The Bertz CT molecular complexity index is 1110. The van der Waals surface area contributed by atoms with Crippen LogP contribution < -0.4 is 0 Å². The monoisotopic (exact) mass is 384 g/mol. The Morgan fingerprint density at radius 2 is 1.79 bits per heavy atom. The van der Waals surface area contributed by atoms with Gasteiger partial charge in [0.15, 0.2) is 5.70 Å². The maximum absolute atomic E-state index is 16.0. The lowest BCUT2D eigenvalue weighted by atomic mass is 9.84. The van der Waals surface area contributed by atoms with Crippen molar-refractivity contribution in [3.63, 3.8) is 0 Å². The SMILES string of the molecule is CCC1=C(C)C2=C(c3cnn(C)c3)c3c(C)c(CC)c(C)n3[B-](F)(F)[N+]2=C1C. The van der Waals surface area contributed by atoms with Gasteiger partial charge < -0.3 is 17.6 Å². The number of nitrogens with zero attached hydrogens (tertiary/aromatic N) is 4. The molecule has 0 spiro atoms. The molecule has 7 heteroatoms. The highest BCUT2D eigenvalue weighted by Crippen LogP contribution is 2.46. The summed E-state index contributed by atoms with van der Waals surface area (Å²) in [5.74, 6) is 0. The van der Waals surface area contributed by atoms with Gasteiger partial charge in [0.1, 0.15) is 5.71 Å². The molecule has 2 aromatic heterocycles. The first kappa shape index (κ1) is 18.9. The summed E-state index contributed by atoms with van der Waals surface area (Å²) < 4.78 is 36.4. The van der Waals surface area contributed by atoms with Crippen LogP contribution >= 0.6 is 0 Å². The first-order valence-electron chi connectivity index (χ1n) is 9.96. The largest absolute Gasteiger partial charge is 0.737 e. The molecule has 0 aromatic carbocycles. The third-order valence-corrected chi connectivity index (χ3v) is 6.49. The van der Waals surface area contributed by atoms with E-state index in [1.165, 1.54) is 8.96 Å². The molecule has 0 N–H and O–H groups in total. The molecule has 0 saturated heterocycles. The summed E-state index contributed by atoms with van der Waals surface area (Å²) in [6.07, 6.45) is 5.16. The van der Waals surface area contributed by atoms with Crippen molar-refractivity contribution >= 4 is 18.3 Å². The van der Waals surface area contributed by atoms with Crippen LogP contribution in [0.5, 0.6) is 0 Å². The molecule has 2 aliphatic heterocycles. The highest BCUT2D eigenvalue weighted by Gasteiger charge is 2.56. The standard InChI is InChI=1S/C21H27BF2N4/c1-8-17-12(3)20-19(16-10-25-26(7)11-16)21-13(4)18(9-2)15(6)28(21)22(23,24)27(20)14(17)5/h10-11H,8-9H2,1-7H3. The quantitative estimate of drug-likeness (QED) is 0.710. The van der Waals surface area contributed by atoms with E-state index in [9.17, 15) is 0 Å². The molecular weight excluding hydrogens is 357 g/mol. The van der Waals surface area contributed by atoms with Crippen LogP contribution in [0, 0.1) is 13.8 Å². The topological polar surface area (TPSA) is 25.8 Å². The molecule has 0 bridgehead atoms. The third-order valence-electron chi connectivity index (χ3n) is 6.49. The van der Waals surface area contributed by atoms with Crippen molar-refractivity contribution in [2.45, 2.75) is 54.4 Å². The van der Waals surface area contributed by atoms with E-state index in [1.807, 2.05) is 54.8 Å². The Morgan fingerprint density at radius 1 is 1.11 bits per heavy atom.